The van der Waals surface area contributed by atoms with Crippen molar-refractivity contribution in [1.82, 2.24) is 4.72 Å². The molecule has 0 aromatic heterocycles. The van der Waals surface area contributed by atoms with Crippen molar-refractivity contribution in [3.05, 3.63) is 63.2 Å². The number of hydrogen-bond acceptors (Lipinski definition) is 7. The SMILES string of the molecule is CCOC(=O)C[C@@H](NS(=O)(=O)c1cc([N+](=O)[O-])ccc1Cl)c1ccc(OC)cc1. The number of esters is 1. The van der Waals surface area contributed by atoms with Crippen LogP contribution in [0.15, 0.2) is 47.4 Å². The highest BCUT2D eigenvalue weighted by Gasteiger charge is 2.27. The van der Waals surface area contributed by atoms with Crippen LogP contribution in [0.25, 0.3) is 0 Å². The zero-order chi connectivity index (χ0) is 21.6. The zero-order valence-corrected chi connectivity index (χ0v) is 17.2. The number of sulfonamides is 1. The standard InChI is InChI=1S/C18H19ClN2O7S/c1-3-28-18(22)11-16(12-4-7-14(27-2)8-5-12)20-29(25,26)17-10-13(21(23)24)6-9-15(17)19/h4-10,16,20H,3,11H2,1-2H3/t16-/m1/s1. The Hall–Kier alpha value is -2.69. The Labute approximate surface area is 172 Å². The largest absolute Gasteiger partial charge is 0.497 e. The molecule has 29 heavy (non-hydrogen) atoms. The molecule has 0 amide bonds. The van der Waals surface area contributed by atoms with Gasteiger partial charge in [-0.25, -0.2) is 13.1 Å². The molecule has 0 aliphatic carbocycles. The fraction of sp³-hybridized carbons (Fsp3) is 0.278. The van der Waals surface area contributed by atoms with Crippen molar-refractivity contribution < 1.29 is 27.6 Å². The molecule has 0 fully saturated rings. The highest BCUT2D eigenvalue weighted by molar-refractivity contribution is 7.89. The molecule has 1 N–H and O–H groups in total. The Kier molecular flexibility index (Phi) is 7.54. The van der Waals surface area contributed by atoms with Crippen LogP contribution in [0.5, 0.6) is 5.75 Å². The number of carbonyl (C=O) groups is 1. The number of rotatable bonds is 9. The molecule has 0 aliphatic heterocycles. The van der Waals surface area contributed by atoms with Gasteiger partial charge in [0.1, 0.15) is 10.6 Å². The van der Waals surface area contributed by atoms with E-state index in [0.29, 0.717) is 11.3 Å². The van der Waals surface area contributed by atoms with Crippen molar-refractivity contribution in [1.29, 1.82) is 0 Å². The van der Waals surface area contributed by atoms with E-state index in [1.165, 1.54) is 7.11 Å². The topological polar surface area (TPSA) is 125 Å². The van der Waals surface area contributed by atoms with Gasteiger partial charge in [0, 0.05) is 12.1 Å². The van der Waals surface area contributed by atoms with Gasteiger partial charge in [0.2, 0.25) is 10.0 Å². The molecular weight excluding hydrogens is 424 g/mol. The van der Waals surface area contributed by atoms with Crippen LogP contribution in [0.3, 0.4) is 0 Å². The second kappa shape index (κ2) is 9.68. The summed E-state index contributed by atoms with van der Waals surface area (Å²) in [5.74, 6) is -0.0608. The van der Waals surface area contributed by atoms with Gasteiger partial charge in [-0.05, 0) is 30.7 Å². The number of carbonyl (C=O) groups excluding carboxylic acids is 1. The molecule has 2 aromatic rings. The van der Waals surface area contributed by atoms with E-state index in [4.69, 9.17) is 21.1 Å². The maximum Gasteiger partial charge on any atom is 0.307 e. The van der Waals surface area contributed by atoms with E-state index in [9.17, 15) is 23.3 Å². The molecule has 1 atom stereocenters. The number of methoxy groups -OCH3 is 1. The molecule has 0 spiro atoms. The van der Waals surface area contributed by atoms with Crippen molar-refractivity contribution in [2.75, 3.05) is 13.7 Å². The summed E-state index contributed by atoms with van der Waals surface area (Å²) in [5, 5.41) is 10.8. The Morgan fingerprint density at radius 1 is 1.24 bits per heavy atom. The van der Waals surface area contributed by atoms with E-state index in [2.05, 4.69) is 4.72 Å². The summed E-state index contributed by atoms with van der Waals surface area (Å²) in [7, 11) is -2.81. The van der Waals surface area contributed by atoms with Crippen LogP contribution in [0.2, 0.25) is 5.02 Å². The van der Waals surface area contributed by atoms with Crippen molar-refractivity contribution >= 4 is 33.3 Å². The monoisotopic (exact) mass is 442 g/mol. The van der Waals surface area contributed by atoms with Crippen LogP contribution in [-0.4, -0.2) is 33.0 Å². The van der Waals surface area contributed by atoms with Crippen molar-refractivity contribution in [3.63, 3.8) is 0 Å². The van der Waals surface area contributed by atoms with Gasteiger partial charge < -0.3 is 9.47 Å². The first-order valence-electron chi connectivity index (χ1n) is 8.43. The number of nitro groups is 1. The van der Waals surface area contributed by atoms with E-state index in [0.717, 1.165) is 18.2 Å². The lowest BCUT2D eigenvalue weighted by molar-refractivity contribution is -0.385. The first kappa shape index (κ1) is 22.6. The van der Waals surface area contributed by atoms with E-state index >= 15 is 0 Å². The molecule has 2 rings (SSSR count). The Balaban J connectivity index is 2.41. The van der Waals surface area contributed by atoms with Gasteiger partial charge in [-0.1, -0.05) is 23.7 Å². The van der Waals surface area contributed by atoms with Crippen molar-refractivity contribution in [2.45, 2.75) is 24.3 Å². The van der Waals surface area contributed by atoms with E-state index in [1.807, 2.05) is 0 Å². The fourth-order valence-electron chi connectivity index (χ4n) is 2.51. The highest BCUT2D eigenvalue weighted by atomic mass is 35.5. The predicted octanol–water partition coefficient (Wildman–Crippen LogP) is 3.23. The minimum Gasteiger partial charge on any atom is -0.497 e. The van der Waals surface area contributed by atoms with E-state index in [-0.39, 0.29) is 18.1 Å². The summed E-state index contributed by atoms with van der Waals surface area (Å²) >= 11 is 5.96. The number of non-ortho nitro benzene ring substituents is 1. The Bertz CT molecular complexity index is 994. The quantitative estimate of drug-likeness (QED) is 0.359. The van der Waals surface area contributed by atoms with E-state index < -0.39 is 37.5 Å². The number of nitrogens with zero attached hydrogens (tertiary/aromatic N) is 1. The van der Waals surface area contributed by atoms with Crippen LogP contribution in [0, 0.1) is 10.1 Å². The van der Waals surface area contributed by atoms with Gasteiger partial charge >= 0.3 is 5.97 Å². The van der Waals surface area contributed by atoms with Gasteiger partial charge in [0.15, 0.2) is 0 Å². The number of hydrogen-bond donors (Lipinski definition) is 1. The first-order chi connectivity index (χ1) is 13.7. The molecular formula is C18H19ClN2O7S. The third-order valence-corrected chi connectivity index (χ3v) is 5.86. The summed E-state index contributed by atoms with van der Waals surface area (Å²) in [5.41, 5.74) is 0.0464. The van der Waals surface area contributed by atoms with Gasteiger partial charge in [-0.2, -0.15) is 0 Å². The number of nitrogens with one attached hydrogen (secondary N) is 1. The molecule has 0 unspecified atom stereocenters. The molecule has 0 bridgehead atoms. The molecule has 0 saturated carbocycles. The van der Waals surface area contributed by atoms with Gasteiger partial charge in [0.05, 0.1) is 36.1 Å². The predicted molar refractivity (Wildman–Crippen MR) is 105 cm³/mol. The van der Waals surface area contributed by atoms with E-state index in [1.54, 1.807) is 31.2 Å². The Morgan fingerprint density at radius 2 is 1.90 bits per heavy atom. The molecule has 0 aliphatic rings. The molecule has 11 heteroatoms. The lowest BCUT2D eigenvalue weighted by Gasteiger charge is -2.19. The van der Waals surface area contributed by atoms with Gasteiger partial charge in [-0.15, -0.1) is 0 Å². The number of nitro benzene ring substituents is 1. The molecule has 0 saturated heterocycles. The second-order valence-corrected chi connectivity index (χ2v) is 7.92. The lowest BCUT2D eigenvalue weighted by Crippen LogP contribution is -2.31. The second-order valence-electron chi connectivity index (χ2n) is 5.83. The average Bonchev–Trinajstić information content (AvgIpc) is 2.67. The number of ether oxygens (including phenoxy) is 2. The highest BCUT2D eigenvalue weighted by Crippen LogP contribution is 2.29. The maximum atomic E-state index is 12.9. The minimum absolute atomic E-state index is 0.137. The summed E-state index contributed by atoms with van der Waals surface area (Å²) in [4.78, 5) is 21.8. The molecule has 2 aromatic carbocycles. The third kappa shape index (κ3) is 5.89. The molecule has 0 heterocycles. The van der Waals surface area contributed by atoms with Crippen molar-refractivity contribution in [3.8, 4) is 5.75 Å². The smallest absolute Gasteiger partial charge is 0.307 e. The fourth-order valence-corrected chi connectivity index (χ4v) is 4.26. The molecule has 156 valence electrons. The Morgan fingerprint density at radius 3 is 2.45 bits per heavy atom. The average molecular weight is 443 g/mol. The first-order valence-corrected chi connectivity index (χ1v) is 10.3. The van der Waals surface area contributed by atoms with Gasteiger partial charge in [-0.3, -0.25) is 14.9 Å². The number of halogens is 1. The van der Waals surface area contributed by atoms with Crippen LogP contribution in [0.1, 0.15) is 24.9 Å². The van der Waals surface area contributed by atoms with Crippen molar-refractivity contribution in [2.24, 2.45) is 0 Å². The van der Waals surface area contributed by atoms with Gasteiger partial charge in [0.25, 0.3) is 5.69 Å². The van der Waals surface area contributed by atoms with Crippen LogP contribution >= 0.6 is 11.6 Å². The summed E-state index contributed by atoms with van der Waals surface area (Å²) in [6.45, 7) is 1.77. The third-order valence-electron chi connectivity index (χ3n) is 3.91. The molecule has 0 radical (unpaired) electrons. The normalized spacial score (nSPS) is 12.2. The van der Waals surface area contributed by atoms with Crippen LogP contribution in [-0.2, 0) is 19.6 Å². The maximum absolute atomic E-state index is 12.9. The summed E-state index contributed by atoms with van der Waals surface area (Å²) in [6, 6.07) is 8.52. The summed E-state index contributed by atoms with van der Waals surface area (Å²) < 4.78 is 38.1. The minimum atomic E-state index is -4.30. The van der Waals surface area contributed by atoms with Crippen LogP contribution in [0.4, 0.5) is 5.69 Å². The lowest BCUT2D eigenvalue weighted by atomic mass is 10.0. The molecule has 9 nitrogen and oxygen atoms in total. The van der Waals surface area contributed by atoms with Crippen LogP contribution < -0.4 is 9.46 Å². The summed E-state index contributed by atoms with van der Waals surface area (Å²) in [6.07, 6.45) is -0.286. The zero-order valence-electron chi connectivity index (χ0n) is 15.6. The number of benzene rings is 2.